The second-order valence-electron chi connectivity index (χ2n) is 8.22. The van der Waals surface area contributed by atoms with E-state index < -0.39 is 33.1 Å². The van der Waals surface area contributed by atoms with Crippen molar-refractivity contribution in [1.29, 1.82) is 0 Å². The molecule has 0 aliphatic carbocycles. The number of carbonyl (C=O) groups excluding carboxylic acids is 1. The first-order chi connectivity index (χ1) is 18.2. The zero-order valence-corrected chi connectivity index (χ0v) is 22.1. The number of nitrogens with zero attached hydrogens (tertiary/aromatic N) is 3. The number of likely N-dealkylation sites (N-methyl/N-ethyl adjacent to an activating group) is 1. The van der Waals surface area contributed by atoms with Gasteiger partial charge >= 0.3 is 0 Å². The van der Waals surface area contributed by atoms with Gasteiger partial charge in [-0.25, -0.2) is 8.42 Å². The Balaban J connectivity index is 1.79. The van der Waals surface area contributed by atoms with Crippen LogP contribution in [0.15, 0.2) is 89.8 Å². The van der Waals surface area contributed by atoms with Gasteiger partial charge in [-0.1, -0.05) is 48.0 Å². The monoisotopic (exact) mass is 553 g/mol. The van der Waals surface area contributed by atoms with Crippen LogP contribution in [0.1, 0.15) is 6.92 Å². The van der Waals surface area contributed by atoms with Gasteiger partial charge in [0.2, 0.25) is 5.91 Å². The minimum absolute atomic E-state index is 0.186. The van der Waals surface area contributed by atoms with Crippen molar-refractivity contribution in [2.75, 3.05) is 29.4 Å². The Labute approximate surface area is 225 Å². The van der Waals surface area contributed by atoms with Gasteiger partial charge in [-0.15, -0.1) is 0 Å². The average Bonchev–Trinajstić information content (AvgIpc) is 2.92. The summed E-state index contributed by atoms with van der Waals surface area (Å²) in [4.78, 5) is 25.5. The third-order valence-electron chi connectivity index (χ3n) is 6.02. The summed E-state index contributed by atoms with van der Waals surface area (Å²) in [5, 5.41) is 13.0. The number of benzene rings is 4. The van der Waals surface area contributed by atoms with Gasteiger partial charge in [0, 0.05) is 18.0 Å². The number of hydrogen-bond donors (Lipinski definition) is 0. The number of halogens is 1. The van der Waals surface area contributed by atoms with E-state index in [0.717, 1.165) is 27.2 Å². The quantitative estimate of drug-likeness (QED) is 0.195. The molecule has 9 nitrogen and oxygen atoms in total. The van der Waals surface area contributed by atoms with Crippen LogP contribution in [-0.4, -0.2) is 39.4 Å². The highest BCUT2D eigenvalue weighted by atomic mass is 35.5. The smallest absolute Gasteiger partial charge is 0.289 e. The van der Waals surface area contributed by atoms with E-state index in [2.05, 4.69) is 0 Å². The molecule has 11 heteroatoms. The average molecular weight is 554 g/mol. The second kappa shape index (κ2) is 11.1. The topological polar surface area (TPSA) is 110 Å². The molecule has 38 heavy (non-hydrogen) atoms. The number of nitro groups is 1. The number of anilines is 2. The fourth-order valence-electron chi connectivity index (χ4n) is 4.12. The summed E-state index contributed by atoms with van der Waals surface area (Å²) >= 11 is 5.91. The molecule has 0 aliphatic heterocycles. The minimum Gasteiger partial charge on any atom is -0.497 e. The first-order valence-electron chi connectivity index (χ1n) is 11.6. The molecule has 196 valence electrons. The molecule has 0 saturated carbocycles. The number of ether oxygens (including phenoxy) is 1. The summed E-state index contributed by atoms with van der Waals surface area (Å²) in [5.41, 5.74) is 0.273. The lowest BCUT2D eigenvalue weighted by atomic mass is 10.1. The maximum atomic E-state index is 13.8. The lowest BCUT2D eigenvalue weighted by molar-refractivity contribution is -0.384. The molecule has 0 aliphatic rings. The summed E-state index contributed by atoms with van der Waals surface area (Å²) in [6.07, 6.45) is 0. The molecule has 1 amide bonds. The Morgan fingerprint density at radius 2 is 1.68 bits per heavy atom. The molecule has 4 rings (SSSR count). The largest absolute Gasteiger partial charge is 0.497 e. The Morgan fingerprint density at radius 3 is 2.34 bits per heavy atom. The number of fused-ring (bicyclic) bond motifs is 1. The molecule has 0 atom stereocenters. The van der Waals surface area contributed by atoms with Crippen molar-refractivity contribution in [1.82, 2.24) is 0 Å². The van der Waals surface area contributed by atoms with Crippen LogP contribution >= 0.6 is 11.6 Å². The van der Waals surface area contributed by atoms with E-state index >= 15 is 0 Å². The van der Waals surface area contributed by atoms with Gasteiger partial charge in [-0.05, 0) is 54.8 Å². The van der Waals surface area contributed by atoms with Crippen LogP contribution < -0.4 is 13.9 Å². The van der Waals surface area contributed by atoms with Crippen LogP contribution in [0, 0.1) is 10.1 Å². The van der Waals surface area contributed by atoms with Crippen LogP contribution in [0.4, 0.5) is 17.1 Å². The van der Waals surface area contributed by atoms with Gasteiger partial charge in [0.1, 0.15) is 17.3 Å². The van der Waals surface area contributed by atoms with E-state index in [1.807, 2.05) is 36.4 Å². The van der Waals surface area contributed by atoms with Crippen molar-refractivity contribution in [2.45, 2.75) is 11.8 Å². The number of rotatable bonds is 9. The third kappa shape index (κ3) is 5.27. The normalized spacial score (nSPS) is 11.2. The number of nitro benzene ring substituents is 1. The van der Waals surface area contributed by atoms with E-state index in [1.165, 1.54) is 30.2 Å². The summed E-state index contributed by atoms with van der Waals surface area (Å²) < 4.78 is 33.8. The minimum atomic E-state index is -4.43. The molecule has 4 aromatic carbocycles. The van der Waals surface area contributed by atoms with Crippen LogP contribution in [0.25, 0.3) is 10.8 Å². The number of amides is 1. The maximum absolute atomic E-state index is 13.8. The van der Waals surface area contributed by atoms with Gasteiger partial charge < -0.3 is 9.64 Å². The van der Waals surface area contributed by atoms with Crippen molar-refractivity contribution < 1.29 is 22.9 Å². The molecule has 0 bridgehead atoms. The molecule has 0 heterocycles. The van der Waals surface area contributed by atoms with Crippen LogP contribution in [-0.2, 0) is 14.8 Å². The van der Waals surface area contributed by atoms with Crippen molar-refractivity contribution in [3.05, 3.63) is 100 Å². The maximum Gasteiger partial charge on any atom is 0.289 e. The summed E-state index contributed by atoms with van der Waals surface area (Å²) in [6.45, 7) is 1.53. The van der Waals surface area contributed by atoms with Gasteiger partial charge in [-0.2, -0.15) is 0 Å². The number of carbonyl (C=O) groups is 1. The predicted octanol–water partition coefficient (Wildman–Crippen LogP) is 5.66. The fourth-order valence-corrected chi connectivity index (χ4v) is 5.74. The van der Waals surface area contributed by atoms with E-state index in [9.17, 15) is 23.3 Å². The lowest BCUT2D eigenvalue weighted by Crippen LogP contribution is -2.43. The molecule has 0 unspecified atom stereocenters. The fraction of sp³-hybridized carbons (Fsp3) is 0.148. The first kappa shape index (κ1) is 26.9. The highest BCUT2D eigenvalue weighted by Gasteiger charge is 2.31. The van der Waals surface area contributed by atoms with Crippen molar-refractivity contribution in [3.8, 4) is 5.75 Å². The van der Waals surface area contributed by atoms with E-state index in [4.69, 9.17) is 16.3 Å². The van der Waals surface area contributed by atoms with Crippen molar-refractivity contribution >= 4 is 55.4 Å². The molecule has 0 fully saturated rings. The van der Waals surface area contributed by atoms with E-state index in [-0.39, 0.29) is 22.2 Å². The highest BCUT2D eigenvalue weighted by Crippen LogP contribution is 2.32. The van der Waals surface area contributed by atoms with E-state index in [0.29, 0.717) is 11.4 Å². The summed E-state index contributed by atoms with van der Waals surface area (Å²) in [6, 6.07) is 22.5. The molecular weight excluding hydrogens is 530 g/mol. The Bertz CT molecular complexity index is 1600. The van der Waals surface area contributed by atoms with E-state index in [1.54, 1.807) is 25.1 Å². The zero-order chi connectivity index (χ0) is 27.4. The SMILES string of the molecule is CCN(C(=O)CN(c1ccc(OC)cc1)S(=O)(=O)c1ccc(Cl)c([N+](=O)[O-])c1)c1cccc2ccccc12. The Hall–Kier alpha value is -4.15. The van der Waals surface area contributed by atoms with Gasteiger partial charge in [0.25, 0.3) is 15.7 Å². The number of hydrogen-bond acceptors (Lipinski definition) is 6. The van der Waals surface area contributed by atoms with Crippen molar-refractivity contribution in [3.63, 3.8) is 0 Å². The van der Waals surface area contributed by atoms with Gasteiger partial charge in [-0.3, -0.25) is 19.2 Å². The van der Waals surface area contributed by atoms with Gasteiger partial charge in [0.15, 0.2) is 0 Å². The molecule has 4 aromatic rings. The van der Waals surface area contributed by atoms with Crippen molar-refractivity contribution in [2.24, 2.45) is 0 Å². The summed E-state index contributed by atoms with van der Waals surface area (Å²) in [5.74, 6) is 0.0113. The Kier molecular flexibility index (Phi) is 7.84. The number of methoxy groups -OCH3 is 1. The van der Waals surface area contributed by atoms with Crippen LogP contribution in [0.3, 0.4) is 0 Å². The number of sulfonamides is 1. The molecular formula is C27H24ClN3O6S. The molecule has 0 N–H and O–H groups in total. The standard InChI is InChI=1S/C27H24ClN3O6S/c1-3-29(25-10-6-8-19-7-4-5-9-23(19)25)27(32)18-30(20-11-13-21(37-2)14-12-20)38(35,36)22-15-16-24(28)26(17-22)31(33)34/h4-17H,3,18H2,1-2H3. The predicted molar refractivity (Wildman–Crippen MR) is 148 cm³/mol. The highest BCUT2D eigenvalue weighted by molar-refractivity contribution is 7.92. The van der Waals surface area contributed by atoms with Crippen LogP contribution in [0.2, 0.25) is 5.02 Å². The molecule has 0 radical (unpaired) electrons. The van der Waals surface area contributed by atoms with Gasteiger partial charge in [0.05, 0.1) is 28.3 Å². The lowest BCUT2D eigenvalue weighted by Gasteiger charge is -2.28. The molecule has 0 spiro atoms. The third-order valence-corrected chi connectivity index (χ3v) is 8.11. The molecule has 0 saturated heterocycles. The summed E-state index contributed by atoms with van der Waals surface area (Å²) in [7, 11) is -2.95. The second-order valence-corrected chi connectivity index (χ2v) is 10.5. The van der Waals surface area contributed by atoms with Crippen LogP contribution in [0.5, 0.6) is 5.75 Å². The first-order valence-corrected chi connectivity index (χ1v) is 13.4. The molecule has 0 aromatic heterocycles. The Morgan fingerprint density at radius 1 is 1.00 bits per heavy atom. The zero-order valence-electron chi connectivity index (χ0n) is 20.6.